The molecule has 0 bridgehead atoms. The van der Waals surface area contributed by atoms with E-state index < -0.39 is 5.60 Å². The highest BCUT2D eigenvalue weighted by Gasteiger charge is 2.15. The van der Waals surface area contributed by atoms with Crippen molar-refractivity contribution in [1.82, 2.24) is 5.32 Å². The minimum atomic E-state index is -0.443. The van der Waals surface area contributed by atoms with Crippen LogP contribution in [-0.2, 0) is 9.53 Å². The molecule has 0 aliphatic carbocycles. The Kier molecular flexibility index (Phi) is 6.61. The van der Waals surface area contributed by atoms with Crippen LogP contribution < -0.4 is 11.1 Å². The van der Waals surface area contributed by atoms with Crippen LogP contribution in [0.2, 0.25) is 0 Å². The maximum atomic E-state index is 11.4. The Balaban J connectivity index is 3.89. The van der Waals surface area contributed by atoms with Gasteiger partial charge in [0.1, 0.15) is 5.60 Å². The largest absolute Gasteiger partial charge is 0.460 e. The smallest absolute Gasteiger partial charge is 0.308 e. The number of carbonyl (C=O) groups excluding carboxylic acids is 1. The van der Waals surface area contributed by atoms with E-state index in [0.717, 1.165) is 6.42 Å². The molecule has 17 heavy (non-hydrogen) atoms. The second-order valence-electron chi connectivity index (χ2n) is 5.06. The molecule has 0 amide bonds. The standard InChI is InChI=1S/C12H25N3O2/c1-6-9(2)15-11(13)14-8-7-10(16)17-12(3,4)5/h9H,6-8H2,1-5H3,(H3,13,14,15). The zero-order chi connectivity index (χ0) is 13.5. The number of nitrogens with one attached hydrogen (secondary N) is 1. The average Bonchev–Trinajstić information content (AvgIpc) is 2.14. The molecule has 0 fully saturated rings. The van der Waals surface area contributed by atoms with Gasteiger partial charge in [0.05, 0.1) is 13.0 Å². The van der Waals surface area contributed by atoms with E-state index in [0.29, 0.717) is 18.5 Å². The van der Waals surface area contributed by atoms with E-state index >= 15 is 0 Å². The molecule has 100 valence electrons. The molecule has 1 atom stereocenters. The zero-order valence-corrected chi connectivity index (χ0v) is 11.5. The van der Waals surface area contributed by atoms with Gasteiger partial charge in [0, 0.05) is 6.04 Å². The van der Waals surface area contributed by atoms with Gasteiger partial charge in [-0.1, -0.05) is 6.92 Å². The zero-order valence-electron chi connectivity index (χ0n) is 11.5. The van der Waals surface area contributed by atoms with Crippen molar-refractivity contribution < 1.29 is 9.53 Å². The van der Waals surface area contributed by atoms with E-state index in [2.05, 4.69) is 17.2 Å². The maximum Gasteiger partial charge on any atom is 0.308 e. The van der Waals surface area contributed by atoms with Crippen molar-refractivity contribution in [3.63, 3.8) is 0 Å². The normalized spacial score (nSPS) is 14.3. The molecule has 0 aromatic carbocycles. The Bertz CT molecular complexity index is 269. The Labute approximate surface area is 104 Å². The first-order valence-electron chi connectivity index (χ1n) is 6.03. The van der Waals surface area contributed by atoms with Gasteiger partial charge < -0.3 is 15.8 Å². The molecule has 0 aliphatic rings. The monoisotopic (exact) mass is 243 g/mol. The third-order valence-electron chi connectivity index (χ3n) is 2.02. The number of aliphatic imine (C=N–C) groups is 1. The summed E-state index contributed by atoms with van der Waals surface area (Å²) in [6.07, 6.45) is 1.22. The highest BCUT2D eigenvalue weighted by molar-refractivity contribution is 5.78. The fourth-order valence-corrected chi connectivity index (χ4v) is 1.06. The molecule has 0 aromatic rings. The van der Waals surface area contributed by atoms with E-state index in [-0.39, 0.29) is 12.4 Å². The highest BCUT2D eigenvalue weighted by atomic mass is 16.6. The summed E-state index contributed by atoms with van der Waals surface area (Å²) in [5.74, 6) is 0.125. The van der Waals surface area contributed by atoms with Crippen LogP contribution in [0.15, 0.2) is 4.99 Å². The van der Waals surface area contributed by atoms with Crippen molar-refractivity contribution >= 4 is 11.9 Å². The Hall–Kier alpha value is -1.26. The highest BCUT2D eigenvalue weighted by Crippen LogP contribution is 2.07. The van der Waals surface area contributed by atoms with Crippen LogP contribution in [0.1, 0.15) is 47.5 Å². The summed E-state index contributed by atoms with van der Waals surface area (Å²) in [5, 5.41) is 3.03. The Morgan fingerprint density at radius 1 is 1.47 bits per heavy atom. The van der Waals surface area contributed by atoms with Crippen LogP contribution in [0, 0.1) is 0 Å². The lowest BCUT2D eigenvalue weighted by Gasteiger charge is -2.19. The van der Waals surface area contributed by atoms with Gasteiger partial charge in [0.2, 0.25) is 0 Å². The van der Waals surface area contributed by atoms with Gasteiger partial charge in [-0.25, -0.2) is 0 Å². The number of hydrogen-bond donors (Lipinski definition) is 2. The summed E-state index contributed by atoms with van der Waals surface area (Å²) >= 11 is 0. The SMILES string of the molecule is CCC(C)NC(N)=NCCC(=O)OC(C)(C)C. The van der Waals surface area contributed by atoms with E-state index in [1.54, 1.807) is 0 Å². The van der Waals surface area contributed by atoms with Crippen molar-refractivity contribution in [2.45, 2.75) is 59.1 Å². The van der Waals surface area contributed by atoms with Crippen LogP contribution in [0.4, 0.5) is 0 Å². The number of carbonyl (C=O) groups is 1. The summed E-state index contributed by atoms with van der Waals surface area (Å²) < 4.78 is 5.15. The minimum absolute atomic E-state index is 0.250. The fraction of sp³-hybridized carbons (Fsp3) is 0.833. The van der Waals surface area contributed by atoms with E-state index in [1.165, 1.54) is 0 Å². The van der Waals surface area contributed by atoms with Crippen molar-refractivity contribution in [1.29, 1.82) is 0 Å². The van der Waals surface area contributed by atoms with Crippen molar-refractivity contribution in [2.24, 2.45) is 10.7 Å². The average molecular weight is 243 g/mol. The minimum Gasteiger partial charge on any atom is -0.460 e. The third-order valence-corrected chi connectivity index (χ3v) is 2.02. The van der Waals surface area contributed by atoms with Crippen LogP contribution in [0.5, 0.6) is 0 Å². The molecule has 5 nitrogen and oxygen atoms in total. The molecule has 1 unspecified atom stereocenters. The van der Waals surface area contributed by atoms with Gasteiger partial charge in [-0.05, 0) is 34.1 Å². The molecule has 0 spiro atoms. The molecule has 0 aliphatic heterocycles. The maximum absolute atomic E-state index is 11.4. The quantitative estimate of drug-likeness (QED) is 0.435. The van der Waals surface area contributed by atoms with E-state index in [9.17, 15) is 4.79 Å². The molecule has 0 radical (unpaired) electrons. The van der Waals surface area contributed by atoms with Gasteiger partial charge in [-0.3, -0.25) is 9.79 Å². The van der Waals surface area contributed by atoms with Crippen LogP contribution in [0.3, 0.4) is 0 Å². The summed E-state index contributed by atoms with van der Waals surface area (Å²) in [6.45, 7) is 9.96. The summed E-state index contributed by atoms with van der Waals surface area (Å²) in [4.78, 5) is 15.4. The molecule has 5 heteroatoms. The predicted molar refractivity (Wildman–Crippen MR) is 69.8 cm³/mol. The second-order valence-corrected chi connectivity index (χ2v) is 5.06. The van der Waals surface area contributed by atoms with Crippen molar-refractivity contribution in [3.05, 3.63) is 0 Å². The van der Waals surface area contributed by atoms with Gasteiger partial charge in [0.15, 0.2) is 5.96 Å². The summed E-state index contributed by atoms with van der Waals surface area (Å²) in [5.41, 5.74) is 5.21. The number of ether oxygens (including phenoxy) is 1. The van der Waals surface area contributed by atoms with Gasteiger partial charge in [-0.2, -0.15) is 0 Å². The fourth-order valence-electron chi connectivity index (χ4n) is 1.06. The lowest BCUT2D eigenvalue weighted by atomic mass is 10.2. The van der Waals surface area contributed by atoms with Crippen LogP contribution in [-0.4, -0.2) is 30.1 Å². The molecular formula is C12H25N3O2. The number of nitrogens with two attached hydrogens (primary N) is 1. The number of esters is 1. The van der Waals surface area contributed by atoms with E-state index in [1.807, 2.05) is 27.7 Å². The Morgan fingerprint density at radius 2 is 2.06 bits per heavy atom. The predicted octanol–water partition coefficient (Wildman–Crippen LogP) is 1.42. The molecule has 0 aromatic heterocycles. The van der Waals surface area contributed by atoms with Gasteiger partial charge in [-0.15, -0.1) is 0 Å². The Morgan fingerprint density at radius 3 is 2.53 bits per heavy atom. The summed E-state index contributed by atoms with van der Waals surface area (Å²) in [6, 6.07) is 0.292. The number of nitrogens with zero attached hydrogens (tertiary/aromatic N) is 1. The number of guanidine groups is 1. The topological polar surface area (TPSA) is 76.7 Å². The van der Waals surface area contributed by atoms with Crippen LogP contribution in [0.25, 0.3) is 0 Å². The summed E-state index contributed by atoms with van der Waals surface area (Å²) in [7, 11) is 0. The van der Waals surface area contributed by atoms with E-state index in [4.69, 9.17) is 10.5 Å². The van der Waals surface area contributed by atoms with Crippen LogP contribution >= 0.6 is 0 Å². The molecular weight excluding hydrogens is 218 g/mol. The first-order valence-corrected chi connectivity index (χ1v) is 6.03. The molecule has 3 N–H and O–H groups in total. The third kappa shape index (κ3) is 9.66. The lowest BCUT2D eigenvalue weighted by Crippen LogP contribution is -2.38. The van der Waals surface area contributed by atoms with Crippen molar-refractivity contribution in [3.8, 4) is 0 Å². The molecule has 0 heterocycles. The molecule has 0 saturated carbocycles. The number of hydrogen-bond acceptors (Lipinski definition) is 3. The second kappa shape index (κ2) is 7.14. The molecule has 0 saturated heterocycles. The lowest BCUT2D eigenvalue weighted by molar-refractivity contribution is -0.154. The van der Waals surface area contributed by atoms with Gasteiger partial charge >= 0.3 is 5.97 Å². The van der Waals surface area contributed by atoms with Crippen molar-refractivity contribution in [2.75, 3.05) is 6.54 Å². The number of rotatable bonds is 5. The first-order chi connectivity index (χ1) is 7.74. The molecule has 0 rings (SSSR count). The first kappa shape index (κ1) is 15.7. The van der Waals surface area contributed by atoms with Gasteiger partial charge in [0.25, 0.3) is 0 Å².